The van der Waals surface area contributed by atoms with Crippen molar-refractivity contribution in [2.45, 2.75) is 24.5 Å². The minimum Gasteiger partial charge on any atom is -0.492 e. The van der Waals surface area contributed by atoms with Crippen LogP contribution in [-0.2, 0) is 5.75 Å². The van der Waals surface area contributed by atoms with Gasteiger partial charge in [0, 0.05) is 27.6 Å². The average molecular weight is 396 g/mol. The molecule has 1 amide bonds. The number of amides is 1. The van der Waals surface area contributed by atoms with E-state index in [1.165, 1.54) is 20.9 Å². The lowest BCUT2D eigenvalue weighted by Crippen LogP contribution is -2.30. The summed E-state index contributed by atoms with van der Waals surface area (Å²) >= 11 is 3.44. The molecule has 27 heavy (non-hydrogen) atoms. The Morgan fingerprint density at radius 3 is 2.70 bits per heavy atom. The molecule has 0 radical (unpaired) electrons. The summed E-state index contributed by atoms with van der Waals surface area (Å²) in [6, 6.07) is 18.2. The van der Waals surface area contributed by atoms with Crippen LogP contribution in [0.3, 0.4) is 0 Å². The van der Waals surface area contributed by atoms with Gasteiger partial charge in [-0.15, -0.1) is 23.1 Å². The van der Waals surface area contributed by atoms with E-state index >= 15 is 0 Å². The summed E-state index contributed by atoms with van der Waals surface area (Å²) in [5, 5.41) is 0. The Kier molecular flexibility index (Phi) is 5.23. The van der Waals surface area contributed by atoms with Crippen LogP contribution in [0.1, 0.15) is 29.1 Å². The third kappa shape index (κ3) is 3.37. The van der Waals surface area contributed by atoms with Gasteiger partial charge in [0.2, 0.25) is 0 Å². The second-order valence-corrected chi connectivity index (χ2v) is 8.27. The minimum atomic E-state index is 0.0338. The van der Waals surface area contributed by atoms with Gasteiger partial charge in [-0.3, -0.25) is 4.79 Å². The van der Waals surface area contributed by atoms with Crippen molar-refractivity contribution >= 4 is 34.7 Å². The number of hydrogen-bond acceptors (Lipinski definition) is 4. The first-order chi connectivity index (χ1) is 13.2. The van der Waals surface area contributed by atoms with Crippen LogP contribution in [0.2, 0.25) is 0 Å². The van der Waals surface area contributed by atoms with Crippen LogP contribution >= 0.6 is 23.1 Å². The number of hydrogen-bond donors (Lipinski definition) is 0. The summed E-state index contributed by atoms with van der Waals surface area (Å²) in [5.41, 5.74) is 3.32. The molecule has 3 aromatic rings. The number of benzene rings is 2. The highest BCUT2D eigenvalue weighted by molar-refractivity contribution is 7.98. The molecule has 1 aliphatic heterocycles. The molecule has 0 spiro atoms. The van der Waals surface area contributed by atoms with Crippen molar-refractivity contribution in [3.63, 3.8) is 0 Å². The highest BCUT2D eigenvalue weighted by Gasteiger charge is 2.25. The topological polar surface area (TPSA) is 29.5 Å². The van der Waals surface area contributed by atoms with Crippen molar-refractivity contribution in [3.05, 3.63) is 65.0 Å². The molecule has 1 aliphatic rings. The van der Waals surface area contributed by atoms with E-state index in [0.29, 0.717) is 13.2 Å². The van der Waals surface area contributed by atoms with Gasteiger partial charge in [0.15, 0.2) is 0 Å². The SMILES string of the molecule is CCOc1ccccc1N(CC)C(=O)c1cc2c(s1)-c1ccccc1SC2. The molecule has 0 saturated carbocycles. The van der Waals surface area contributed by atoms with Crippen LogP contribution in [0.5, 0.6) is 5.75 Å². The molecule has 4 rings (SSSR count). The largest absolute Gasteiger partial charge is 0.492 e. The fraction of sp³-hybridized carbons (Fsp3) is 0.227. The van der Waals surface area contributed by atoms with Crippen LogP contribution < -0.4 is 9.64 Å². The minimum absolute atomic E-state index is 0.0338. The van der Waals surface area contributed by atoms with Crippen molar-refractivity contribution in [1.29, 1.82) is 0 Å². The number of carbonyl (C=O) groups is 1. The lowest BCUT2D eigenvalue weighted by atomic mass is 10.1. The Balaban J connectivity index is 1.71. The smallest absolute Gasteiger partial charge is 0.268 e. The van der Waals surface area contributed by atoms with E-state index in [0.717, 1.165) is 22.1 Å². The number of nitrogens with zero attached hydrogens (tertiary/aromatic N) is 1. The Bertz CT molecular complexity index is 980. The number of ether oxygens (including phenoxy) is 1. The maximum absolute atomic E-state index is 13.3. The van der Waals surface area contributed by atoms with Gasteiger partial charge in [-0.1, -0.05) is 30.3 Å². The molecule has 0 N–H and O–H groups in total. The number of fused-ring (bicyclic) bond motifs is 3. The molecular weight excluding hydrogens is 374 g/mol. The third-order valence-corrected chi connectivity index (χ3v) is 6.87. The predicted octanol–water partition coefficient (Wildman–Crippen LogP) is 6.09. The van der Waals surface area contributed by atoms with Crippen LogP contribution in [0.25, 0.3) is 10.4 Å². The zero-order valence-electron chi connectivity index (χ0n) is 15.4. The molecule has 0 unspecified atom stereocenters. The van der Waals surface area contributed by atoms with E-state index in [2.05, 4.69) is 30.3 Å². The monoisotopic (exact) mass is 395 g/mol. The normalized spacial score (nSPS) is 12.2. The van der Waals surface area contributed by atoms with Gasteiger partial charge in [0.25, 0.3) is 5.91 Å². The van der Waals surface area contributed by atoms with Crippen LogP contribution in [0.4, 0.5) is 5.69 Å². The highest BCUT2D eigenvalue weighted by Crippen LogP contribution is 2.46. The van der Waals surface area contributed by atoms with Crippen molar-refractivity contribution in [2.75, 3.05) is 18.1 Å². The van der Waals surface area contributed by atoms with Crippen LogP contribution in [-0.4, -0.2) is 19.1 Å². The second kappa shape index (κ2) is 7.79. The first-order valence-electron chi connectivity index (χ1n) is 9.11. The Hall–Kier alpha value is -2.24. The quantitative estimate of drug-likeness (QED) is 0.524. The molecule has 0 saturated heterocycles. The number of para-hydroxylation sites is 2. The summed E-state index contributed by atoms with van der Waals surface area (Å²) in [7, 11) is 0. The van der Waals surface area contributed by atoms with Crippen LogP contribution in [0.15, 0.2) is 59.5 Å². The first kappa shape index (κ1) is 18.1. The van der Waals surface area contributed by atoms with Crippen LogP contribution in [0, 0.1) is 0 Å². The molecular formula is C22H21NO2S2. The molecule has 2 aromatic carbocycles. The molecule has 5 heteroatoms. The molecule has 1 aromatic heterocycles. The van der Waals surface area contributed by atoms with E-state index in [9.17, 15) is 4.79 Å². The first-order valence-corrected chi connectivity index (χ1v) is 10.9. The third-order valence-electron chi connectivity index (χ3n) is 4.55. The van der Waals surface area contributed by atoms with Gasteiger partial charge >= 0.3 is 0 Å². The fourth-order valence-electron chi connectivity index (χ4n) is 3.32. The predicted molar refractivity (Wildman–Crippen MR) is 114 cm³/mol. The number of carbonyl (C=O) groups excluding carboxylic acids is 1. The summed E-state index contributed by atoms with van der Waals surface area (Å²) in [6.45, 7) is 5.12. The summed E-state index contributed by atoms with van der Waals surface area (Å²) in [6.07, 6.45) is 0. The van der Waals surface area contributed by atoms with Gasteiger partial charge in [0.1, 0.15) is 5.75 Å². The van der Waals surface area contributed by atoms with Gasteiger partial charge in [-0.05, 0) is 43.7 Å². The lowest BCUT2D eigenvalue weighted by molar-refractivity contribution is 0.0991. The van der Waals surface area contributed by atoms with E-state index in [1.54, 1.807) is 16.2 Å². The number of thioether (sulfide) groups is 1. The van der Waals surface area contributed by atoms with Gasteiger partial charge in [-0.25, -0.2) is 0 Å². The van der Waals surface area contributed by atoms with Crippen molar-refractivity contribution in [1.82, 2.24) is 0 Å². The lowest BCUT2D eigenvalue weighted by Gasteiger charge is -2.23. The van der Waals surface area contributed by atoms with Crippen molar-refractivity contribution in [3.8, 4) is 16.2 Å². The standard InChI is InChI=1S/C22H21NO2S2/c1-3-23(17-10-6-7-11-18(17)25-4-2)22(24)20-13-15-14-26-19-12-8-5-9-16(19)21(15)27-20/h5-13H,3-4,14H2,1-2H3. The summed E-state index contributed by atoms with van der Waals surface area (Å²) in [5.74, 6) is 1.70. The maximum atomic E-state index is 13.3. The second-order valence-electron chi connectivity index (χ2n) is 6.20. The van der Waals surface area contributed by atoms with E-state index in [4.69, 9.17) is 4.74 Å². The molecule has 138 valence electrons. The Morgan fingerprint density at radius 1 is 1.11 bits per heavy atom. The zero-order valence-corrected chi connectivity index (χ0v) is 17.0. The average Bonchev–Trinajstić information content (AvgIpc) is 3.15. The van der Waals surface area contributed by atoms with Crippen molar-refractivity contribution < 1.29 is 9.53 Å². The van der Waals surface area contributed by atoms with Gasteiger partial charge in [0.05, 0.1) is 17.2 Å². The maximum Gasteiger partial charge on any atom is 0.268 e. The summed E-state index contributed by atoms with van der Waals surface area (Å²) in [4.78, 5) is 18.4. The van der Waals surface area contributed by atoms with E-state index < -0.39 is 0 Å². The number of anilines is 1. The number of thiophene rings is 1. The Morgan fingerprint density at radius 2 is 1.89 bits per heavy atom. The van der Waals surface area contributed by atoms with Gasteiger partial charge < -0.3 is 9.64 Å². The molecule has 2 heterocycles. The van der Waals surface area contributed by atoms with Crippen molar-refractivity contribution in [2.24, 2.45) is 0 Å². The van der Waals surface area contributed by atoms with E-state index in [-0.39, 0.29) is 5.91 Å². The molecule has 0 aliphatic carbocycles. The molecule has 0 bridgehead atoms. The van der Waals surface area contributed by atoms with Gasteiger partial charge in [-0.2, -0.15) is 0 Å². The van der Waals surface area contributed by atoms with E-state index in [1.807, 2.05) is 49.9 Å². The highest BCUT2D eigenvalue weighted by atomic mass is 32.2. The number of rotatable bonds is 5. The fourth-order valence-corrected chi connectivity index (χ4v) is 5.68. The molecule has 0 fully saturated rings. The molecule has 3 nitrogen and oxygen atoms in total. The summed E-state index contributed by atoms with van der Waals surface area (Å²) < 4.78 is 5.74. The molecule has 0 atom stereocenters. The Labute approximate surface area is 168 Å². The zero-order chi connectivity index (χ0) is 18.8.